The van der Waals surface area contributed by atoms with Crippen molar-refractivity contribution in [3.63, 3.8) is 0 Å². The number of aliphatic hydroxyl groups is 7. The van der Waals surface area contributed by atoms with Crippen LogP contribution in [0.5, 0.6) is 0 Å². The molecule has 0 radical (unpaired) electrons. The van der Waals surface area contributed by atoms with Crippen molar-refractivity contribution >= 4 is 0 Å². The van der Waals surface area contributed by atoms with Crippen LogP contribution in [0.25, 0.3) is 0 Å². The van der Waals surface area contributed by atoms with E-state index in [4.69, 9.17) is 18.9 Å². The highest BCUT2D eigenvalue weighted by Gasteiger charge is 2.51. The normalized spacial score (nSPS) is 46.4. The Kier molecular flexibility index (Phi) is 7.55. The van der Waals surface area contributed by atoms with E-state index in [1.165, 1.54) is 0 Å². The van der Waals surface area contributed by atoms with Crippen molar-refractivity contribution in [3.8, 4) is 0 Å². The van der Waals surface area contributed by atoms with Gasteiger partial charge in [0.15, 0.2) is 12.6 Å². The van der Waals surface area contributed by atoms with Gasteiger partial charge in [-0.2, -0.15) is 0 Å². The third kappa shape index (κ3) is 5.14. The minimum Gasteiger partial charge on any atom is -0.394 e. The van der Waals surface area contributed by atoms with Gasteiger partial charge in [0.1, 0.15) is 48.8 Å². The average Bonchev–Trinajstić information content (AvgIpc) is 2.59. The lowest BCUT2D eigenvalue weighted by Gasteiger charge is -2.46. The van der Waals surface area contributed by atoms with Gasteiger partial charge in [0.2, 0.25) is 0 Å². The number of hydrogen-bond acceptors (Lipinski definition) is 11. The molecule has 0 aromatic rings. The smallest absolute Gasteiger partial charge is 0.187 e. The SMILES string of the molecule is CC(C)(C)O[C@@H]1OC(CO)[C@H](O)[C@H](O[C@H]2OC(CO)[C@H](O)[C@H](O)C2O)C1O. The second-order valence-corrected chi connectivity index (χ2v) is 7.73. The monoisotopic (exact) mass is 398 g/mol. The molecule has 11 heteroatoms. The zero-order valence-electron chi connectivity index (χ0n) is 15.5. The fourth-order valence-corrected chi connectivity index (χ4v) is 2.99. The highest BCUT2D eigenvalue weighted by molar-refractivity contribution is 4.94. The van der Waals surface area contributed by atoms with Crippen LogP contribution in [-0.2, 0) is 18.9 Å². The molecule has 11 nitrogen and oxygen atoms in total. The van der Waals surface area contributed by atoms with Crippen LogP contribution in [0, 0.1) is 0 Å². The van der Waals surface area contributed by atoms with Gasteiger partial charge in [-0.05, 0) is 20.8 Å². The van der Waals surface area contributed by atoms with E-state index in [1.807, 2.05) is 0 Å². The molecule has 0 aromatic heterocycles. The van der Waals surface area contributed by atoms with Gasteiger partial charge < -0.3 is 54.7 Å². The molecule has 0 aliphatic carbocycles. The Morgan fingerprint density at radius 1 is 0.704 bits per heavy atom. The molecule has 0 aromatic carbocycles. The van der Waals surface area contributed by atoms with Crippen molar-refractivity contribution < 1.29 is 54.7 Å². The molecule has 7 N–H and O–H groups in total. The number of aliphatic hydroxyl groups excluding tert-OH is 7. The fraction of sp³-hybridized carbons (Fsp3) is 1.00. The third-order valence-corrected chi connectivity index (χ3v) is 4.43. The van der Waals surface area contributed by atoms with Gasteiger partial charge in [-0.3, -0.25) is 0 Å². The summed E-state index contributed by atoms with van der Waals surface area (Å²) in [4.78, 5) is 0. The minimum atomic E-state index is -1.71. The van der Waals surface area contributed by atoms with Crippen molar-refractivity contribution in [1.29, 1.82) is 0 Å². The zero-order valence-corrected chi connectivity index (χ0v) is 15.5. The van der Waals surface area contributed by atoms with E-state index in [-0.39, 0.29) is 0 Å². The molecule has 160 valence electrons. The first-order valence-corrected chi connectivity index (χ1v) is 8.76. The Bertz CT molecular complexity index is 468. The van der Waals surface area contributed by atoms with Crippen LogP contribution in [0.2, 0.25) is 0 Å². The maximum absolute atomic E-state index is 10.5. The maximum Gasteiger partial charge on any atom is 0.187 e. The Morgan fingerprint density at radius 2 is 1.22 bits per heavy atom. The van der Waals surface area contributed by atoms with Gasteiger partial charge in [-0.25, -0.2) is 0 Å². The van der Waals surface area contributed by atoms with E-state index in [9.17, 15) is 35.7 Å². The van der Waals surface area contributed by atoms with Crippen LogP contribution < -0.4 is 0 Å². The summed E-state index contributed by atoms with van der Waals surface area (Å²) >= 11 is 0. The van der Waals surface area contributed by atoms with Crippen LogP contribution in [-0.4, -0.2) is 116 Å². The molecule has 2 heterocycles. The van der Waals surface area contributed by atoms with Crippen molar-refractivity contribution in [1.82, 2.24) is 0 Å². The van der Waals surface area contributed by atoms with Crippen LogP contribution in [0.1, 0.15) is 20.8 Å². The Balaban J connectivity index is 2.18. The summed E-state index contributed by atoms with van der Waals surface area (Å²) in [5.74, 6) is 0. The van der Waals surface area contributed by atoms with Gasteiger partial charge >= 0.3 is 0 Å². The fourth-order valence-electron chi connectivity index (χ4n) is 2.99. The van der Waals surface area contributed by atoms with Gasteiger partial charge in [-0.15, -0.1) is 0 Å². The summed E-state index contributed by atoms with van der Waals surface area (Å²) in [6, 6.07) is 0. The highest BCUT2D eigenvalue weighted by Crippen LogP contribution is 2.30. The van der Waals surface area contributed by atoms with Gasteiger partial charge in [0, 0.05) is 0 Å². The Hall–Kier alpha value is -0.440. The standard InChI is InChI=1S/C16H30O11/c1-16(2,3)27-15-12(23)13(9(20)7(5-18)25-15)26-14-11(22)10(21)8(19)6(4-17)24-14/h6-15,17-23H,4-5H2,1-3H3/t6?,7?,8-,9-,10-,11?,12?,13-,14+,15-/m0/s1. The molecule has 0 saturated carbocycles. The summed E-state index contributed by atoms with van der Waals surface area (Å²) in [5.41, 5.74) is -0.721. The van der Waals surface area contributed by atoms with Crippen LogP contribution >= 0.6 is 0 Å². The second kappa shape index (κ2) is 8.93. The maximum atomic E-state index is 10.5. The molecule has 10 atom stereocenters. The van der Waals surface area contributed by atoms with E-state index in [0.29, 0.717) is 0 Å². The molecule has 0 amide bonds. The minimum absolute atomic E-state index is 0.591. The molecule has 2 saturated heterocycles. The van der Waals surface area contributed by atoms with Crippen molar-refractivity contribution in [2.75, 3.05) is 13.2 Å². The topological polar surface area (TPSA) is 179 Å². The molecule has 2 aliphatic heterocycles. The number of rotatable bonds is 5. The van der Waals surface area contributed by atoms with E-state index in [0.717, 1.165) is 0 Å². The predicted molar refractivity (Wildman–Crippen MR) is 87.2 cm³/mol. The predicted octanol–water partition coefficient (Wildman–Crippen LogP) is -3.57. The first-order chi connectivity index (χ1) is 12.5. The summed E-state index contributed by atoms with van der Waals surface area (Å²) in [6.45, 7) is 3.91. The van der Waals surface area contributed by atoms with Crippen molar-refractivity contribution in [2.45, 2.75) is 87.8 Å². The first-order valence-electron chi connectivity index (χ1n) is 8.76. The molecule has 27 heavy (non-hydrogen) atoms. The van der Waals surface area contributed by atoms with Crippen LogP contribution in [0.3, 0.4) is 0 Å². The molecule has 0 bridgehead atoms. The molecule has 0 spiro atoms. The van der Waals surface area contributed by atoms with Crippen LogP contribution in [0.4, 0.5) is 0 Å². The average molecular weight is 398 g/mol. The summed E-state index contributed by atoms with van der Waals surface area (Å²) in [7, 11) is 0. The first kappa shape index (κ1) is 22.8. The summed E-state index contributed by atoms with van der Waals surface area (Å²) < 4.78 is 21.7. The van der Waals surface area contributed by atoms with E-state index < -0.39 is 80.2 Å². The largest absolute Gasteiger partial charge is 0.394 e. The second-order valence-electron chi connectivity index (χ2n) is 7.73. The Labute approximate surface area is 156 Å². The molecule has 4 unspecified atom stereocenters. The molecule has 2 rings (SSSR count). The van der Waals surface area contributed by atoms with Crippen molar-refractivity contribution in [3.05, 3.63) is 0 Å². The number of hydrogen-bond donors (Lipinski definition) is 7. The summed E-state index contributed by atoms with van der Waals surface area (Å²) in [6.07, 6.45) is -14.6. The number of ether oxygens (including phenoxy) is 4. The molecular formula is C16H30O11. The van der Waals surface area contributed by atoms with Gasteiger partial charge in [-0.1, -0.05) is 0 Å². The zero-order chi connectivity index (χ0) is 20.5. The third-order valence-electron chi connectivity index (χ3n) is 4.43. The molecule has 2 aliphatic rings. The van der Waals surface area contributed by atoms with E-state index >= 15 is 0 Å². The molecule has 2 fully saturated rings. The van der Waals surface area contributed by atoms with Crippen LogP contribution in [0.15, 0.2) is 0 Å². The lowest BCUT2D eigenvalue weighted by Crippen LogP contribution is -2.65. The highest BCUT2D eigenvalue weighted by atomic mass is 16.7. The van der Waals surface area contributed by atoms with Gasteiger partial charge in [0.05, 0.1) is 18.8 Å². The Morgan fingerprint density at radius 3 is 1.74 bits per heavy atom. The quantitative estimate of drug-likeness (QED) is 0.243. The van der Waals surface area contributed by atoms with E-state index in [2.05, 4.69) is 0 Å². The van der Waals surface area contributed by atoms with Gasteiger partial charge in [0.25, 0.3) is 0 Å². The van der Waals surface area contributed by atoms with E-state index in [1.54, 1.807) is 20.8 Å². The lowest BCUT2D eigenvalue weighted by atomic mass is 9.97. The lowest BCUT2D eigenvalue weighted by molar-refractivity contribution is -0.367. The van der Waals surface area contributed by atoms with Crippen molar-refractivity contribution in [2.24, 2.45) is 0 Å². The molecular weight excluding hydrogens is 368 g/mol. The summed E-state index contributed by atoms with van der Waals surface area (Å²) in [5, 5.41) is 69.3.